The summed E-state index contributed by atoms with van der Waals surface area (Å²) in [6.07, 6.45) is -0.950. The number of nitro benzene ring substituents is 1. The molecule has 0 heterocycles. The molecule has 1 aromatic rings. The maximum atomic E-state index is 12.2. The second kappa shape index (κ2) is 7.14. The highest BCUT2D eigenvalue weighted by molar-refractivity contribution is 5.77. The van der Waals surface area contributed by atoms with Gasteiger partial charge >= 0.3 is 5.97 Å². The van der Waals surface area contributed by atoms with Crippen LogP contribution in [0.25, 0.3) is 0 Å². The summed E-state index contributed by atoms with van der Waals surface area (Å²) in [4.78, 5) is 22.3. The largest absolute Gasteiger partial charge is 0.458 e. The van der Waals surface area contributed by atoms with Gasteiger partial charge in [-0.3, -0.25) is 10.1 Å². The van der Waals surface area contributed by atoms with Crippen molar-refractivity contribution in [2.75, 3.05) is 13.2 Å². The van der Waals surface area contributed by atoms with Gasteiger partial charge in [-0.1, -0.05) is 0 Å². The van der Waals surface area contributed by atoms with Crippen molar-refractivity contribution in [3.8, 4) is 0 Å². The van der Waals surface area contributed by atoms with E-state index in [1.807, 2.05) is 0 Å². The van der Waals surface area contributed by atoms with Crippen molar-refractivity contribution in [3.63, 3.8) is 0 Å². The molecule has 7 heteroatoms. The summed E-state index contributed by atoms with van der Waals surface area (Å²) in [6.45, 7) is 5.69. The highest BCUT2D eigenvalue weighted by Gasteiger charge is 2.27. The Morgan fingerprint density at radius 1 is 1.33 bits per heavy atom. The van der Waals surface area contributed by atoms with E-state index < -0.39 is 22.6 Å². The van der Waals surface area contributed by atoms with E-state index in [9.17, 15) is 14.9 Å². The molecule has 7 nitrogen and oxygen atoms in total. The second-order valence-corrected chi connectivity index (χ2v) is 5.42. The smallest absolute Gasteiger partial charge is 0.340 e. The van der Waals surface area contributed by atoms with Crippen molar-refractivity contribution < 1.29 is 19.2 Å². The fraction of sp³-hybridized carbons (Fsp3) is 0.500. The molecule has 1 atom stereocenters. The predicted octanol–water partition coefficient (Wildman–Crippen LogP) is 1.95. The van der Waals surface area contributed by atoms with E-state index in [2.05, 4.69) is 0 Å². The highest BCUT2D eigenvalue weighted by atomic mass is 16.6. The maximum absolute atomic E-state index is 12.2. The minimum absolute atomic E-state index is 0.0551. The third-order valence-electron chi connectivity index (χ3n) is 2.43. The van der Waals surface area contributed by atoms with Crippen LogP contribution in [0.15, 0.2) is 24.3 Å². The maximum Gasteiger partial charge on any atom is 0.340 e. The van der Waals surface area contributed by atoms with Crippen molar-refractivity contribution in [2.24, 2.45) is 5.73 Å². The lowest BCUT2D eigenvalue weighted by Gasteiger charge is -2.24. The third-order valence-corrected chi connectivity index (χ3v) is 2.43. The van der Waals surface area contributed by atoms with Gasteiger partial charge in [-0.05, 0) is 38.5 Å². The number of carbonyl (C=O) groups is 1. The van der Waals surface area contributed by atoms with Gasteiger partial charge in [0.05, 0.1) is 11.5 Å². The highest BCUT2D eigenvalue weighted by Crippen LogP contribution is 2.24. The Hall–Kier alpha value is -1.99. The molecular formula is C14H20N2O5. The summed E-state index contributed by atoms with van der Waals surface area (Å²) in [5, 5.41) is 10.6. The molecule has 0 amide bonds. The van der Waals surface area contributed by atoms with Crippen molar-refractivity contribution >= 4 is 11.7 Å². The first-order valence-electron chi connectivity index (χ1n) is 6.53. The number of carbonyl (C=O) groups excluding carboxylic acids is 1. The molecule has 0 bridgehead atoms. The first-order chi connectivity index (χ1) is 9.74. The SMILES string of the molecule is CC(C)(C)OC(=O)C(OCCN)c1ccc([N+](=O)[O-])cc1. The number of non-ortho nitro benzene ring substituents is 1. The average Bonchev–Trinajstić information content (AvgIpc) is 2.37. The standard InChI is InChI=1S/C14H20N2O5/c1-14(2,3)21-13(17)12(20-9-8-15)10-4-6-11(7-5-10)16(18)19/h4-7,12H,8-9,15H2,1-3H3. The van der Waals surface area contributed by atoms with Gasteiger partial charge in [-0.25, -0.2) is 4.79 Å². The van der Waals surface area contributed by atoms with Crippen molar-refractivity contribution in [1.82, 2.24) is 0 Å². The number of rotatable bonds is 6. The number of nitro groups is 1. The normalized spacial score (nSPS) is 12.8. The van der Waals surface area contributed by atoms with Crippen molar-refractivity contribution in [2.45, 2.75) is 32.5 Å². The van der Waals surface area contributed by atoms with Crippen LogP contribution < -0.4 is 5.73 Å². The Kier molecular flexibility index (Phi) is 5.80. The monoisotopic (exact) mass is 296 g/mol. The van der Waals surface area contributed by atoms with Crippen LogP contribution in [0.1, 0.15) is 32.4 Å². The molecule has 2 N–H and O–H groups in total. The fourth-order valence-corrected chi connectivity index (χ4v) is 1.61. The van der Waals surface area contributed by atoms with Crippen LogP contribution in [0.5, 0.6) is 0 Å². The van der Waals surface area contributed by atoms with Gasteiger partial charge in [0.15, 0.2) is 6.10 Å². The molecule has 1 aromatic carbocycles. The molecule has 116 valence electrons. The Morgan fingerprint density at radius 2 is 1.90 bits per heavy atom. The average molecular weight is 296 g/mol. The summed E-state index contributed by atoms with van der Waals surface area (Å²) in [5.74, 6) is -0.551. The predicted molar refractivity (Wildman–Crippen MR) is 76.7 cm³/mol. The number of nitrogens with two attached hydrogens (primary N) is 1. The van der Waals surface area contributed by atoms with Gasteiger partial charge in [-0.15, -0.1) is 0 Å². The molecule has 1 rings (SSSR count). The number of nitrogens with zero attached hydrogens (tertiary/aromatic N) is 1. The first kappa shape index (κ1) is 17.1. The van der Waals surface area contributed by atoms with Gasteiger partial charge in [0, 0.05) is 18.7 Å². The molecule has 21 heavy (non-hydrogen) atoms. The molecule has 0 saturated carbocycles. The lowest BCUT2D eigenvalue weighted by molar-refractivity contribution is -0.384. The second-order valence-electron chi connectivity index (χ2n) is 5.42. The van der Waals surface area contributed by atoms with E-state index in [-0.39, 0.29) is 18.8 Å². The van der Waals surface area contributed by atoms with Gasteiger partial charge in [0.1, 0.15) is 5.60 Å². The van der Waals surface area contributed by atoms with Crippen LogP contribution in [0.3, 0.4) is 0 Å². The molecule has 0 fully saturated rings. The molecule has 1 unspecified atom stereocenters. The van der Waals surface area contributed by atoms with E-state index in [0.717, 1.165) is 0 Å². The van der Waals surface area contributed by atoms with Crippen LogP contribution in [-0.2, 0) is 14.3 Å². The number of hydrogen-bond acceptors (Lipinski definition) is 6. The van der Waals surface area contributed by atoms with Crippen LogP contribution in [0.4, 0.5) is 5.69 Å². The minimum atomic E-state index is -0.950. The Morgan fingerprint density at radius 3 is 2.33 bits per heavy atom. The van der Waals surface area contributed by atoms with Crippen LogP contribution >= 0.6 is 0 Å². The number of benzene rings is 1. The van der Waals surface area contributed by atoms with Crippen LogP contribution in [0.2, 0.25) is 0 Å². The van der Waals surface area contributed by atoms with Gasteiger partial charge in [-0.2, -0.15) is 0 Å². The quantitative estimate of drug-likeness (QED) is 0.488. The van der Waals surface area contributed by atoms with E-state index in [1.54, 1.807) is 20.8 Å². The Bertz CT molecular complexity index is 493. The lowest BCUT2D eigenvalue weighted by Crippen LogP contribution is -2.29. The van der Waals surface area contributed by atoms with Gasteiger partial charge in [0.2, 0.25) is 0 Å². The first-order valence-corrected chi connectivity index (χ1v) is 6.53. The molecule has 0 saturated heterocycles. The summed E-state index contributed by atoms with van der Waals surface area (Å²) < 4.78 is 10.7. The van der Waals surface area contributed by atoms with E-state index >= 15 is 0 Å². The van der Waals surface area contributed by atoms with Crippen molar-refractivity contribution in [3.05, 3.63) is 39.9 Å². The Labute approximate surface area is 123 Å². The molecular weight excluding hydrogens is 276 g/mol. The lowest BCUT2D eigenvalue weighted by atomic mass is 10.1. The Balaban J connectivity index is 2.95. The summed E-state index contributed by atoms with van der Waals surface area (Å²) in [6, 6.07) is 5.59. The molecule has 0 radical (unpaired) electrons. The zero-order valence-corrected chi connectivity index (χ0v) is 12.4. The van der Waals surface area contributed by atoms with Crippen molar-refractivity contribution in [1.29, 1.82) is 0 Å². The van der Waals surface area contributed by atoms with E-state index in [4.69, 9.17) is 15.2 Å². The molecule has 0 spiro atoms. The zero-order valence-electron chi connectivity index (χ0n) is 12.4. The van der Waals surface area contributed by atoms with Crippen LogP contribution in [-0.4, -0.2) is 29.6 Å². The zero-order chi connectivity index (χ0) is 16.0. The van der Waals surface area contributed by atoms with Gasteiger partial charge < -0.3 is 15.2 Å². The fourth-order valence-electron chi connectivity index (χ4n) is 1.61. The number of esters is 1. The summed E-state index contributed by atoms with van der Waals surface area (Å²) in [5.41, 5.74) is 5.16. The topological polar surface area (TPSA) is 105 Å². The van der Waals surface area contributed by atoms with Gasteiger partial charge in [0.25, 0.3) is 5.69 Å². The van der Waals surface area contributed by atoms with E-state index in [1.165, 1.54) is 24.3 Å². The summed E-state index contributed by atoms with van der Waals surface area (Å²) >= 11 is 0. The number of hydrogen-bond donors (Lipinski definition) is 1. The van der Waals surface area contributed by atoms with Crippen LogP contribution in [0, 0.1) is 10.1 Å². The molecule has 0 aliphatic rings. The number of ether oxygens (including phenoxy) is 2. The minimum Gasteiger partial charge on any atom is -0.458 e. The van der Waals surface area contributed by atoms with E-state index in [0.29, 0.717) is 5.56 Å². The molecule has 0 aliphatic carbocycles. The summed E-state index contributed by atoms with van der Waals surface area (Å²) in [7, 11) is 0. The molecule has 0 aliphatic heterocycles. The molecule has 0 aromatic heterocycles. The third kappa shape index (κ3) is 5.49.